The minimum atomic E-state index is -4.60. The maximum Gasteiger partial charge on any atom is 0.403 e. The van der Waals surface area contributed by atoms with E-state index in [-0.39, 0.29) is 41.6 Å². The minimum absolute atomic E-state index is 0.121. The SMILES string of the molecule is Cn1c(-c2ccc(F)cc2)cc2cc(N)ccc21.Cn1c(-c2ccc(F)cc2)cc2cc(NC(=O)c3cc(CNC(=O)C4(C(F)(F)F)CC4)ccc3Cl)ccc21. The molecule has 0 saturated heterocycles. The van der Waals surface area contributed by atoms with Crippen LogP contribution in [0, 0.1) is 17.0 Å². The molecule has 13 heteroatoms. The Morgan fingerprint density at radius 3 is 1.80 bits per heavy atom. The second-order valence-electron chi connectivity index (χ2n) is 13.8. The zero-order valence-corrected chi connectivity index (χ0v) is 30.9. The van der Waals surface area contributed by atoms with Gasteiger partial charge in [0.05, 0.1) is 10.6 Å². The number of nitrogens with two attached hydrogens (primary N) is 1. The Kier molecular flexibility index (Phi) is 10.1. The number of halogens is 6. The molecule has 56 heavy (non-hydrogen) atoms. The number of benzene rings is 5. The summed E-state index contributed by atoms with van der Waals surface area (Å²) in [6.45, 7) is -0.170. The van der Waals surface area contributed by atoms with E-state index in [4.69, 9.17) is 17.3 Å². The lowest BCUT2D eigenvalue weighted by Gasteiger charge is -2.18. The van der Waals surface area contributed by atoms with Crippen LogP contribution in [0.5, 0.6) is 0 Å². The van der Waals surface area contributed by atoms with Gasteiger partial charge in [-0.25, -0.2) is 8.78 Å². The van der Waals surface area contributed by atoms with E-state index in [9.17, 15) is 31.5 Å². The summed E-state index contributed by atoms with van der Waals surface area (Å²) in [5.74, 6) is -2.12. The maximum atomic E-state index is 13.3. The molecule has 8 rings (SSSR count). The quantitative estimate of drug-likeness (QED) is 0.111. The molecule has 0 spiro atoms. The number of alkyl halides is 3. The first-order valence-corrected chi connectivity index (χ1v) is 17.9. The summed E-state index contributed by atoms with van der Waals surface area (Å²) < 4.78 is 69.9. The van der Waals surface area contributed by atoms with Crippen molar-refractivity contribution in [3.8, 4) is 22.5 Å². The van der Waals surface area contributed by atoms with Gasteiger partial charge in [-0.05, 0) is 139 Å². The topological polar surface area (TPSA) is 94.1 Å². The van der Waals surface area contributed by atoms with Crippen LogP contribution in [0.2, 0.25) is 5.02 Å². The molecular formula is C43H35ClF5N5O2. The third kappa shape index (κ3) is 7.57. The third-order valence-corrected chi connectivity index (χ3v) is 10.4. The van der Waals surface area contributed by atoms with Gasteiger partial charge in [0.1, 0.15) is 17.0 Å². The van der Waals surface area contributed by atoms with E-state index in [1.165, 1.54) is 36.4 Å². The summed E-state index contributed by atoms with van der Waals surface area (Å²) in [4.78, 5) is 25.2. The lowest BCUT2D eigenvalue weighted by atomic mass is 10.1. The zero-order valence-electron chi connectivity index (χ0n) is 30.1. The molecule has 0 atom stereocenters. The van der Waals surface area contributed by atoms with Gasteiger partial charge in [0.25, 0.3) is 5.91 Å². The van der Waals surface area contributed by atoms with Gasteiger partial charge < -0.3 is 25.5 Å². The van der Waals surface area contributed by atoms with Crippen molar-refractivity contribution in [3.05, 3.63) is 143 Å². The van der Waals surface area contributed by atoms with Gasteiger partial charge >= 0.3 is 6.18 Å². The Labute approximate surface area is 323 Å². The molecular weight excluding hydrogens is 749 g/mol. The fourth-order valence-corrected chi connectivity index (χ4v) is 6.96. The molecule has 2 heterocycles. The second kappa shape index (κ2) is 14.8. The van der Waals surface area contributed by atoms with E-state index in [0.29, 0.717) is 11.3 Å². The van der Waals surface area contributed by atoms with Gasteiger partial charge in [0, 0.05) is 65.2 Å². The average molecular weight is 784 g/mol. The number of nitrogens with zero attached hydrogens (tertiary/aromatic N) is 2. The molecule has 0 radical (unpaired) electrons. The molecule has 1 fully saturated rings. The summed E-state index contributed by atoms with van der Waals surface area (Å²) in [7, 11) is 3.89. The predicted molar refractivity (Wildman–Crippen MR) is 210 cm³/mol. The van der Waals surface area contributed by atoms with Crippen molar-refractivity contribution in [2.24, 2.45) is 19.5 Å². The van der Waals surface area contributed by atoms with E-state index in [2.05, 4.69) is 21.3 Å². The predicted octanol–water partition coefficient (Wildman–Crippen LogP) is 10.4. The number of carbonyl (C=O) groups is 2. The monoisotopic (exact) mass is 783 g/mol. The van der Waals surface area contributed by atoms with Crippen LogP contribution in [0.25, 0.3) is 44.3 Å². The number of hydrogen-bond donors (Lipinski definition) is 3. The van der Waals surface area contributed by atoms with Crippen LogP contribution >= 0.6 is 11.6 Å². The first-order valence-electron chi connectivity index (χ1n) is 17.5. The summed E-state index contributed by atoms with van der Waals surface area (Å²) >= 11 is 6.23. The molecule has 1 aliphatic rings. The Morgan fingerprint density at radius 1 is 0.732 bits per heavy atom. The van der Waals surface area contributed by atoms with Gasteiger partial charge in [-0.1, -0.05) is 17.7 Å². The van der Waals surface area contributed by atoms with Crippen LogP contribution in [0.4, 0.5) is 33.3 Å². The Hall–Kier alpha value is -6.14. The van der Waals surface area contributed by atoms with Crippen LogP contribution in [-0.2, 0) is 25.4 Å². The second-order valence-corrected chi connectivity index (χ2v) is 14.2. The van der Waals surface area contributed by atoms with Crippen molar-refractivity contribution in [2.45, 2.75) is 25.6 Å². The van der Waals surface area contributed by atoms with Crippen LogP contribution in [0.3, 0.4) is 0 Å². The van der Waals surface area contributed by atoms with Crippen LogP contribution in [-0.4, -0.2) is 27.1 Å². The Bertz CT molecular complexity index is 2610. The lowest BCUT2D eigenvalue weighted by molar-refractivity contribution is -0.192. The minimum Gasteiger partial charge on any atom is -0.399 e. The Balaban J connectivity index is 0.000000222. The number of aromatic nitrogens is 2. The van der Waals surface area contributed by atoms with Gasteiger partial charge in [-0.2, -0.15) is 13.2 Å². The maximum absolute atomic E-state index is 13.3. The van der Waals surface area contributed by atoms with Crippen molar-refractivity contribution < 1.29 is 31.5 Å². The van der Waals surface area contributed by atoms with E-state index in [1.54, 1.807) is 42.5 Å². The number of fused-ring (bicyclic) bond motifs is 2. The molecule has 4 N–H and O–H groups in total. The average Bonchev–Trinajstić information content (AvgIpc) is 3.86. The number of nitrogens with one attached hydrogen (secondary N) is 2. The normalized spacial score (nSPS) is 13.3. The molecule has 2 aromatic heterocycles. The van der Waals surface area contributed by atoms with Crippen LogP contribution < -0.4 is 16.4 Å². The lowest BCUT2D eigenvalue weighted by Crippen LogP contribution is -2.40. The molecule has 7 nitrogen and oxygen atoms in total. The molecule has 7 aromatic rings. The highest BCUT2D eigenvalue weighted by molar-refractivity contribution is 6.34. The van der Waals surface area contributed by atoms with Crippen molar-refractivity contribution >= 4 is 56.6 Å². The first kappa shape index (κ1) is 38.1. The summed E-state index contributed by atoms with van der Waals surface area (Å²) in [6, 6.07) is 32.3. The molecule has 0 unspecified atom stereocenters. The molecule has 2 amide bonds. The highest BCUT2D eigenvalue weighted by Gasteiger charge is 2.68. The van der Waals surface area contributed by atoms with Gasteiger partial charge in [-0.15, -0.1) is 0 Å². The van der Waals surface area contributed by atoms with Crippen molar-refractivity contribution in [2.75, 3.05) is 11.1 Å². The van der Waals surface area contributed by atoms with E-state index >= 15 is 0 Å². The van der Waals surface area contributed by atoms with Crippen molar-refractivity contribution in [1.29, 1.82) is 0 Å². The number of anilines is 2. The first-order chi connectivity index (χ1) is 26.6. The van der Waals surface area contributed by atoms with E-state index < -0.39 is 23.4 Å². The summed E-state index contributed by atoms with van der Waals surface area (Å²) in [5.41, 5.74) is 11.1. The van der Waals surface area contributed by atoms with Crippen LogP contribution in [0.1, 0.15) is 28.8 Å². The number of nitrogen functional groups attached to an aromatic ring is 1. The smallest absolute Gasteiger partial charge is 0.399 e. The molecule has 1 aliphatic carbocycles. The van der Waals surface area contributed by atoms with Gasteiger partial charge in [0.2, 0.25) is 5.91 Å². The number of amides is 2. The molecule has 286 valence electrons. The fraction of sp³-hybridized carbons (Fsp3) is 0.163. The van der Waals surface area contributed by atoms with Crippen LogP contribution in [0.15, 0.2) is 115 Å². The number of hydrogen-bond acceptors (Lipinski definition) is 3. The van der Waals surface area contributed by atoms with Gasteiger partial charge in [-0.3, -0.25) is 9.59 Å². The van der Waals surface area contributed by atoms with E-state index in [0.717, 1.165) is 50.0 Å². The highest BCUT2D eigenvalue weighted by atomic mass is 35.5. The zero-order chi connectivity index (χ0) is 39.9. The molecule has 0 aliphatic heterocycles. The molecule has 0 bridgehead atoms. The van der Waals surface area contributed by atoms with E-state index in [1.807, 2.05) is 49.0 Å². The largest absolute Gasteiger partial charge is 0.403 e. The fourth-order valence-electron chi connectivity index (χ4n) is 6.76. The molecule has 1 saturated carbocycles. The standard InChI is InChI=1S/C28H22ClF4N3O2.C15H13FN2/c1-36-23-9-7-20(13-18(23)14-24(36)17-3-5-19(30)6-4-17)35-25(37)21-12-16(2-8-22(21)29)15-34-26(38)27(10-11-27)28(31,32)33;1-18-14-7-6-13(17)8-11(14)9-15(18)10-2-4-12(16)5-3-10/h2-9,12-14H,10-11,15H2,1H3,(H,34,38)(H,35,37);2-9H,17H2,1H3. The highest BCUT2D eigenvalue weighted by Crippen LogP contribution is 2.57. The Morgan fingerprint density at radius 2 is 1.27 bits per heavy atom. The summed E-state index contributed by atoms with van der Waals surface area (Å²) in [5, 5.41) is 7.23. The van der Waals surface area contributed by atoms with Crippen molar-refractivity contribution in [1.82, 2.24) is 14.5 Å². The number of carbonyl (C=O) groups excluding carboxylic acids is 2. The number of aryl methyl sites for hydroxylation is 2. The number of rotatable bonds is 7. The van der Waals surface area contributed by atoms with Crippen molar-refractivity contribution in [3.63, 3.8) is 0 Å². The molecule has 5 aromatic carbocycles. The third-order valence-electron chi connectivity index (χ3n) is 10.1. The summed E-state index contributed by atoms with van der Waals surface area (Å²) in [6.07, 6.45) is -5.05. The van der Waals surface area contributed by atoms with Gasteiger partial charge in [0.15, 0.2) is 0 Å².